The monoisotopic (exact) mass is 342 g/mol. The van der Waals surface area contributed by atoms with Gasteiger partial charge in [0, 0.05) is 5.41 Å². The first-order chi connectivity index (χ1) is 11.5. The van der Waals surface area contributed by atoms with Gasteiger partial charge in [0.15, 0.2) is 0 Å². The highest BCUT2D eigenvalue weighted by Crippen LogP contribution is 2.52. The molecule has 4 saturated heterocycles. The fraction of sp³-hybridized carbons (Fsp3) is 1.00. The van der Waals surface area contributed by atoms with Crippen LogP contribution in [0.5, 0.6) is 0 Å². The van der Waals surface area contributed by atoms with Crippen LogP contribution >= 0.6 is 0 Å². The van der Waals surface area contributed by atoms with E-state index in [1.54, 1.807) is 6.92 Å². The lowest BCUT2D eigenvalue weighted by molar-refractivity contribution is -0.0713. The van der Waals surface area contributed by atoms with E-state index in [1.165, 1.54) is 0 Å². The molecule has 0 radical (unpaired) electrons. The standard InChI is InChI=1S/C18H30O6/c1-11(19)2-17(20)18(5-15-9-23-15,6-16-10-24-16)12(3-13-7-21-13)4-14-8-22-14/h11-17,19-20H,2-10H2,1H3. The third-order valence-corrected chi connectivity index (χ3v) is 5.96. The molecule has 138 valence electrons. The molecule has 0 amide bonds. The zero-order valence-electron chi connectivity index (χ0n) is 14.4. The summed E-state index contributed by atoms with van der Waals surface area (Å²) < 4.78 is 22.1. The fourth-order valence-electron chi connectivity index (χ4n) is 4.35. The maximum atomic E-state index is 11.2. The quantitative estimate of drug-likeness (QED) is 0.512. The Morgan fingerprint density at radius 2 is 1.25 bits per heavy atom. The summed E-state index contributed by atoms with van der Waals surface area (Å²) in [6.45, 7) is 4.95. The van der Waals surface area contributed by atoms with Crippen LogP contribution in [0.2, 0.25) is 0 Å². The summed E-state index contributed by atoms with van der Waals surface area (Å²) in [5.41, 5.74) is -0.294. The first-order valence-electron chi connectivity index (χ1n) is 9.37. The van der Waals surface area contributed by atoms with Crippen molar-refractivity contribution in [3.8, 4) is 0 Å². The molecule has 4 heterocycles. The smallest absolute Gasteiger partial charge is 0.0816 e. The van der Waals surface area contributed by atoms with Gasteiger partial charge in [-0.2, -0.15) is 0 Å². The van der Waals surface area contributed by atoms with Gasteiger partial charge in [-0.15, -0.1) is 0 Å². The molecular formula is C18H30O6. The van der Waals surface area contributed by atoms with Crippen molar-refractivity contribution in [1.29, 1.82) is 0 Å². The summed E-state index contributed by atoms with van der Waals surface area (Å²) in [5.74, 6) is 0.305. The number of hydrogen-bond donors (Lipinski definition) is 2. The number of rotatable bonds is 12. The van der Waals surface area contributed by atoms with Crippen LogP contribution in [-0.2, 0) is 18.9 Å². The van der Waals surface area contributed by atoms with Crippen molar-refractivity contribution in [2.75, 3.05) is 26.4 Å². The van der Waals surface area contributed by atoms with Gasteiger partial charge in [0.05, 0.1) is 63.1 Å². The predicted molar refractivity (Wildman–Crippen MR) is 85.7 cm³/mol. The van der Waals surface area contributed by atoms with E-state index >= 15 is 0 Å². The Hall–Kier alpha value is -0.240. The van der Waals surface area contributed by atoms with Crippen LogP contribution in [-0.4, -0.2) is 73.3 Å². The Labute approximate surface area is 143 Å². The Kier molecular flexibility index (Phi) is 4.88. The normalized spacial score (nSPS) is 39.6. The average Bonchev–Trinajstić information content (AvgIpc) is 3.30. The summed E-state index contributed by atoms with van der Waals surface area (Å²) in [6.07, 6.45) is 3.99. The number of aliphatic hydroxyl groups excluding tert-OH is 2. The summed E-state index contributed by atoms with van der Waals surface area (Å²) in [6, 6.07) is 0. The second-order valence-electron chi connectivity index (χ2n) is 8.23. The number of epoxide rings is 4. The van der Waals surface area contributed by atoms with Gasteiger partial charge >= 0.3 is 0 Å². The summed E-state index contributed by atoms with van der Waals surface area (Å²) in [7, 11) is 0. The zero-order chi connectivity index (χ0) is 16.7. The molecule has 0 aromatic heterocycles. The van der Waals surface area contributed by atoms with Gasteiger partial charge in [-0.3, -0.25) is 0 Å². The van der Waals surface area contributed by atoms with Gasteiger partial charge in [-0.1, -0.05) is 0 Å². The molecule has 6 unspecified atom stereocenters. The van der Waals surface area contributed by atoms with Gasteiger partial charge in [-0.25, -0.2) is 0 Å². The predicted octanol–water partition coefficient (Wildman–Crippen LogP) is 0.876. The van der Waals surface area contributed by atoms with E-state index in [4.69, 9.17) is 18.9 Å². The van der Waals surface area contributed by atoms with E-state index in [2.05, 4.69) is 0 Å². The molecular weight excluding hydrogens is 312 g/mol. The molecule has 0 saturated carbocycles. The van der Waals surface area contributed by atoms with Crippen LogP contribution < -0.4 is 0 Å². The molecule has 2 N–H and O–H groups in total. The van der Waals surface area contributed by atoms with E-state index < -0.39 is 12.2 Å². The van der Waals surface area contributed by atoms with Crippen LogP contribution in [0.15, 0.2) is 0 Å². The lowest BCUT2D eigenvalue weighted by Gasteiger charge is -2.45. The Balaban J connectivity index is 1.57. The Bertz CT molecular complexity index is 397. The maximum Gasteiger partial charge on any atom is 0.0816 e. The second kappa shape index (κ2) is 6.82. The molecule has 24 heavy (non-hydrogen) atoms. The molecule has 0 aromatic carbocycles. The molecule has 6 atom stereocenters. The van der Waals surface area contributed by atoms with Crippen LogP contribution in [0, 0.1) is 11.3 Å². The van der Waals surface area contributed by atoms with Crippen molar-refractivity contribution in [2.45, 2.75) is 75.7 Å². The van der Waals surface area contributed by atoms with E-state index in [-0.39, 0.29) is 17.6 Å². The fourth-order valence-corrected chi connectivity index (χ4v) is 4.35. The molecule has 0 bridgehead atoms. The van der Waals surface area contributed by atoms with Crippen molar-refractivity contribution < 1.29 is 29.2 Å². The SMILES string of the molecule is CC(O)CC(O)C(CC1CO1)(CC1CO1)C(CC1CO1)CC1CO1. The van der Waals surface area contributed by atoms with Gasteiger partial charge in [0.1, 0.15) is 0 Å². The topological polar surface area (TPSA) is 90.6 Å². The highest BCUT2D eigenvalue weighted by molar-refractivity contribution is 5.02. The van der Waals surface area contributed by atoms with E-state index in [9.17, 15) is 10.2 Å². The molecule has 4 fully saturated rings. The minimum absolute atomic E-state index is 0.232. The third kappa shape index (κ3) is 4.48. The summed E-state index contributed by atoms with van der Waals surface area (Å²) in [5, 5.41) is 21.1. The number of ether oxygens (including phenoxy) is 4. The molecule has 4 aliphatic rings. The van der Waals surface area contributed by atoms with E-state index in [0.717, 1.165) is 52.1 Å². The van der Waals surface area contributed by atoms with Crippen molar-refractivity contribution in [3.05, 3.63) is 0 Å². The summed E-state index contributed by atoms with van der Waals surface area (Å²) in [4.78, 5) is 0. The number of hydrogen-bond acceptors (Lipinski definition) is 6. The van der Waals surface area contributed by atoms with Gasteiger partial charge in [0.2, 0.25) is 0 Å². The van der Waals surface area contributed by atoms with E-state index in [1.807, 2.05) is 0 Å². The maximum absolute atomic E-state index is 11.2. The van der Waals surface area contributed by atoms with Crippen molar-refractivity contribution in [3.63, 3.8) is 0 Å². The number of aliphatic hydroxyl groups is 2. The zero-order valence-corrected chi connectivity index (χ0v) is 14.4. The lowest BCUT2D eigenvalue weighted by atomic mass is 9.61. The highest BCUT2D eigenvalue weighted by atomic mass is 16.6. The van der Waals surface area contributed by atoms with Gasteiger partial charge in [-0.05, 0) is 44.9 Å². The van der Waals surface area contributed by atoms with Crippen molar-refractivity contribution in [2.24, 2.45) is 11.3 Å². The van der Waals surface area contributed by atoms with Crippen molar-refractivity contribution in [1.82, 2.24) is 0 Å². The third-order valence-electron chi connectivity index (χ3n) is 5.96. The minimum atomic E-state index is -0.562. The Morgan fingerprint density at radius 1 is 0.833 bits per heavy atom. The van der Waals surface area contributed by atoms with Gasteiger partial charge in [0.25, 0.3) is 0 Å². The second-order valence-corrected chi connectivity index (χ2v) is 8.23. The van der Waals surface area contributed by atoms with Crippen LogP contribution in [0.3, 0.4) is 0 Å². The molecule has 4 aliphatic heterocycles. The molecule has 6 nitrogen and oxygen atoms in total. The van der Waals surface area contributed by atoms with Crippen LogP contribution in [0.1, 0.15) is 39.0 Å². The largest absolute Gasteiger partial charge is 0.393 e. The summed E-state index contributed by atoms with van der Waals surface area (Å²) >= 11 is 0. The Morgan fingerprint density at radius 3 is 1.58 bits per heavy atom. The van der Waals surface area contributed by atoms with Crippen molar-refractivity contribution >= 4 is 0 Å². The van der Waals surface area contributed by atoms with Crippen LogP contribution in [0.25, 0.3) is 0 Å². The first-order valence-corrected chi connectivity index (χ1v) is 9.37. The molecule has 6 heteroatoms. The molecule has 0 aliphatic carbocycles. The highest BCUT2D eigenvalue weighted by Gasteiger charge is 2.53. The molecule has 0 spiro atoms. The lowest BCUT2D eigenvalue weighted by Crippen LogP contribution is -2.46. The molecule has 4 rings (SSSR count). The van der Waals surface area contributed by atoms with Crippen LogP contribution in [0.4, 0.5) is 0 Å². The molecule has 0 aromatic rings. The minimum Gasteiger partial charge on any atom is -0.393 e. The van der Waals surface area contributed by atoms with E-state index in [0.29, 0.717) is 24.5 Å². The van der Waals surface area contributed by atoms with Gasteiger partial charge < -0.3 is 29.2 Å². The first kappa shape index (κ1) is 17.2. The average molecular weight is 342 g/mol.